The third-order valence-corrected chi connectivity index (χ3v) is 2.25. The van der Waals surface area contributed by atoms with Crippen molar-refractivity contribution in [1.82, 2.24) is 4.98 Å². The summed E-state index contributed by atoms with van der Waals surface area (Å²) in [4.78, 5) is 13.3. The van der Waals surface area contributed by atoms with Crippen LogP contribution >= 0.6 is 0 Å². The smallest absolute Gasteiger partial charge is 0.337 e. The third kappa shape index (κ3) is 1.42. The van der Waals surface area contributed by atoms with Crippen molar-refractivity contribution in [1.29, 1.82) is 0 Å². The maximum atomic E-state index is 10.6. The van der Waals surface area contributed by atoms with E-state index in [0.29, 0.717) is 10.9 Å². The van der Waals surface area contributed by atoms with Gasteiger partial charge in [0.05, 0.1) is 5.52 Å². The molecule has 0 spiro atoms. The lowest BCUT2D eigenvalue weighted by atomic mass is 10.1. The van der Waals surface area contributed by atoms with Gasteiger partial charge in [-0.3, -0.25) is 0 Å². The molecule has 0 fully saturated rings. The van der Waals surface area contributed by atoms with Gasteiger partial charge in [-0.25, -0.2) is 4.79 Å². The van der Waals surface area contributed by atoms with E-state index in [4.69, 9.17) is 5.11 Å². The molecule has 5 nitrogen and oxygen atoms in total. The number of nitrogens with one attached hydrogen (secondary N) is 1. The van der Waals surface area contributed by atoms with Crippen LogP contribution in [0.25, 0.3) is 10.9 Å². The number of aromatic nitrogens is 1. The number of fused-ring (bicyclic) bond motifs is 1. The third-order valence-electron chi connectivity index (χ3n) is 2.25. The molecule has 1 aromatic heterocycles. The molecule has 0 saturated heterocycles. The molecule has 0 saturated carbocycles. The quantitative estimate of drug-likeness (QED) is 0.590. The molecule has 2 rings (SSSR count). The molecule has 0 bridgehead atoms. The van der Waals surface area contributed by atoms with Crippen LogP contribution in [0, 0.1) is 0 Å². The van der Waals surface area contributed by atoms with Crippen LogP contribution in [0.2, 0.25) is 0 Å². The van der Waals surface area contributed by atoms with Crippen LogP contribution in [0.1, 0.15) is 11.7 Å². The minimum atomic E-state index is -1.58. The van der Waals surface area contributed by atoms with Crippen molar-refractivity contribution in [2.24, 2.45) is 0 Å². The fourth-order valence-electron chi connectivity index (χ4n) is 1.52. The van der Waals surface area contributed by atoms with Crippen LogP contribution in [0.3, 0.4) is 0 Å². The summed E-state index contributed by atoms with van der Waals surface area (Å²) < 4.78 is 0. The highest BCUT2D eigenvalue weighted by Crippen LogP contribution is 2.29. The summed E-state index contributed by atoms with van der Waals surface area (Å²) in [6.45, 7) is 0. The van der Waals surface area contributed by atoms with Crippen molar-refractivity contribution < 1.29 is 20.1 Å². The Morgan fingerprint density at radius 3 is 2.80 bits per heavy atom. The Labute approximate surface area is 84.6 Å². The van der Waals surface area contributed by atoms with E-state index in [0.717, 1.165) is 0 Å². The van der Waals surface area contributed by atoms with E-state index in [-0.39, 0.29) is 11.3 Å². The van der Waals surface area contributed by atoms with Crippen molar-refractivity contribution >= 4 is 16.9 Å². The molecule has 15 heavy (non-hydrogen) atoms. The van der Waals surface area contributed by atoms with Crippen LogP contribution in [-0.2, 0) is 4.79 Å². The summed E-state index contributed by atoms with van der Waals surface area (Å²) in [7, 11) is 0. The number of aliphatic carboxylic acids is 1. The van der Waals surface area contributed by atoms with Gasteiger partial charge >= 0.3 is 5.97 Å². The molecule has 78 valence electrons. The average Bonchev–Trinajstić information content (AvgIpc) is 2.61. The van der Waals surface area contributed by atoms with E-state index < -0.39 is 12.1 Å². The van der Waals surface area contributed by atoms with Crippen LogP contribution in [-0.4, -0.2) is 26.3 Å². The highest BCUT2D eigenvalue weighted by atomic mass is 16.4. The Morgan fingerprint density at radius 1 is 1.40 bits per heavy atom. The molecule has 0 amide bonds. The standard InChI is InChI=1S/C10H9NO4/c12-7-3-1-2-5-6(4-11-8(5)7)9(13)10(14)15/h1-4,9,11-13H,(H,14,15). The normalized spacial score (nSPS) is 12.9. The van der Waals surface area contributed by atoms with Gasteiger partial charge < -0.3 is 20.3 Å². The average molecular weight is 207 g/mol. The highest BCUT2D eigenvalue weighted by molar-refractivity contribution is 5.91. The summed E-state index contributed by atoms with van der Waals surface area (Å²) in [5.41, 5.74) is 0.668. The van der Waals surface area contributed by atoms with Crippen molar-refractivity contribution in [3.05, 3.63) is 30.0 Å². The second-order valence-corrected chi connectivity index (χ2v) is 3.18. The van der Waals surface area contributed by atoms with Gasteiger partial charge in [0.25, 0.3) is 0 Å². The summed E-state index contributed by atoms with van der Waals surface area (Å²) in [5.74, 6) is -1.30. The number of benzene rings is 1. The summed E-state index contributed by atoms with van der Waals surface area (Å²) >= 11 is 0. The number of para-hydroxylation sites is 1. The number of phenols is 1. The summed E-state index contributed by atoms with van der Waals surface area (Å²) in [5, 5.41) is 28.0. The zero-order valence-corrected chi connectivity index (χ0v) is 7.64. The van der Waals surface area contributed by atoms with Gasteiger partial charge in [0.15, 0.2) is 6.10 Å². The molecule has 1 aromatic carbocycles. The minimum Gasteiger partial charge on any atom is -0.506 e. The first kappa shape index (κ1) is 9.54. The highest BCUT2D eigenvalue weighted by Gasteiger charge is 2.20. The van der Waals surface area contributed by atoms with E-state index in [2.05, 4.69) is 4.98 Å². The van der Waals surface area contributed by atoms with Crippen molar-refractivity contribution in [2.75, 3.05) is 0 Å². The lowest BCUT2D eigenvalue weighted by Crippen LogP contribution is -2.09. The van der Waals surface area contributed by atoms with E-state index in [1.165, 1.54) is 12.3 Å². The van der Waals surface area contributed by atoms with Gasteiger partial charge in [0, 0.05) is 17.1 Å². The van der Waals surface area contributed by atoms with E-state index in [1.54, 1.807) is 12.1 Å². The number of hydrogen-bond acceptors (Lipinski definition) is 3. The van der Waals surface area contributed by atoms with Crippen molar-refractivity contribution in [3.8, 4) is 5.75 Å². The fourth-order valence-corrected chi connectivity index (χ4v) is 1.52. The zero-order chi connectivity index (χ0) is 11.0. The number of aromatic amines is 1. The van der Waals surface area contributed by atoms with Crippen LogP contribution in [0.4, 0.5) is 0 Å². The minimum absolute atomic E-state index is 0.0244. The number of carboxylic acids is 1. The molecule has 2 aromatic rings. The van der Waals surface area contributed by atoms with Gasteiger partial charge in [0.2, 0.25) is 0 Å². The number of hydrogen-bond donors (Lipinski definition) is 4. The monoisotopic (exact) mass is 207 g/mol. The Balaban J connectivity index is 2.64. The van der Waals surface area contributed by atoms with Gasteiger partial charge in [-0.05, 0) is 6.07 Å². The van der Waals surface area contributed by atoms with Crippen LogP contribution in [0.5, 0.6) is 5.75 Å². The van der Waals surface area contributed by atoms with Gasteiger partial charge in [-0.2, -0.15) is 0 Å². The Hall–Kier alpha value is -2.01. The number of phenolic OH excluding ortho intramolecular Hbond substituents is 1. The van der Waals surface area contributed by atoms with Gasteiger partial charge in [-0.1, -0.05) is 12.1 Å². The van der Waals surface area contributed by atoms with E-state index in [1.807, 2.05) is 0 Å². The van der Waals surface area contributed by atoms with E-state index >= 15 is 0 Å². The first-order valence-corrected chi connectivity index (χ1v) is 4.31. The first-order chi connectivity index (χ1) is 7.11. The fraction of sp³-hybridized carbons (Fsp3) is 0.100. The second kappa shape index (κ2) is 3.29. The molecule has 4 N–H and O–H groups in total. The SMILES string of the molecule is O=C(O)C(O)c1c[nH]c2c(O)cccc12. The maximum absolute atomic E-state index is 10.6. The molecule has 0 aliphatic rings. The Bertz CT molecular complexity index is 517. The molecule has 0 aliphatic carbocycles. The Morgan fingerprint density at radius 2 is 2.13 bits per heavy atom. The molecule has 1 atom stereocenters. The first-order valence-electron chi connectivity index (χ1n) is 4.31. The molecule has 5 heteroatoms. The number of H-pyrrole nitrogens is 1. The van der Waals surface area contributed by atoms with E-state index in [9.17, 15) is 15.0 Å². The lowest BCUT2D eigenvalue weighted by Gasteiger charge is -2.03. The molecule has 1 heterocycles. The summed E-state index contributed by atoms with van der Waals surface area (Å²) in [6.07, 6.45) is -0.205. The molecule has 1 unspecified atom stereocenters. The maximum Gasteiger partial charge on any atom is 0.337 e. The number of carboxylic acid groups (broad SMARTS) is 1. The predicted octanol–water partition coefficient (Wildman–Crippen LogP) is 0.991. The molecule has 0 aliphatic heterocycles. The Kier molecular flexibility index (Phi) is 2.09. The largest absolute Gasteiger partial charge is 0.506 e. The summed E-state index contributed by atoms with van der Waals surface area (Å²) in [6, 6.07) is 4.70. The second-order valence-electron chi connectivity index (χ2n) is 3.18. The molecule has 0 radical (unpaired) electrons. The molecular formula is C10H9NO4. The number of carbonyl (C=O) groups is 1. The lowest BCUT2D eigenvalue weighted by molar-refractivity contribution is -0.146. The van der Waals surface area contributed by atoms with Crippen molar-refractivity contribution in [2.45, 2.75) is 6.10 Å². The van der Waals surface area contributed by atoms with Gasteiger partial charge in [-0.15, -0.1) is 0 Å². The van der Waals surface area contributed by atoms with Crippen LogP contribution < -0.4 is 0 Å². The zero-order valence-electron chi connectivity index (χ0n) is 7.64. The predicted molar refractivity (Wildman–Crippen MR) is 52.6 cm³/mol. The van der Waals surface area contributed by atoms with Crippen LogP contribution in [0.15, 0.2) is 24.4 Å². The van der Waals surface area contributed by atoms with Crippen molar-refractivity contribution in [3.63, 3.8) is 0 Å². The number of aliphatic hydroxyl groups is 1. The number of aliphatic hydroxyl groups excluding tert-OH is 1. The topological polar surface area (TPSA) is 93.5 Å². The number of aromatic hydroxyl groups is 1. The molecular weight excluding hydrogens is 198 g/mol. The van der Waals surface area contributed by atoms with Gasteiger partial charge in [0.1, 0.15) is 5.75 Å². The number of rotatable bonds is 2.